The normalized spacial score (nSPS) is 12.8. The predicted octanol–water partition coefficient (Wildman–Crippen LogP) is 4.95. The highest BCUT2D eigenvalue weighted by molar-refractivity contribution is 9.10. The second kappa shape index (κ2) is 5.62. The van der Waals surface area contributed by atoms with Gasteiger partial charge in [0.05, 0.1) is 10.5 Å². The number of nitrogens with one attached hydrogen (secondary N) is 1. The lowest BCUT2D eigenvalue weighted by Crippen LogP contribution is -2.17. The van der Waals surface area contributed by atoms with Gasteiger partial charge in [0.2, 0.25) is 0 Å². The maximum Gasteiger partial charge on any atom is 0.137 e. The van der Waals surface area contributed by atoms with Crippen molar-refractivity contribution in [3.8, 4) is 0 Å². The van der Waals surface area contributed by atoms with Gasteiger partial charge in [-0.2, -0.15) is 0 Å². The van der Waals surface area contributed by atoms with Crippen LogP contribution in [0.5, 0.6) is 0 Å². The molecule has 2 nitrogen and oxygen atoms in total. The van der Waals surface area contributed by atoms with E-state index >= 15 is 0 Å². The van der Waals surface area contributed by atoms with E-state index in [4.69, 9.17) is 4.42 Å². The SMILES string of the molecule is CNC(c1ccc(F)c(Br)c1)c1cc2cc(C)ccc2o1. The molecule has 0 saturated heterocycles. The van der Waals surface area contributed by atoms with Crippen molar-refractivity contribution in [1.82, 2.24) is 5.32 Å². The van der Waals surface area contributed by atoms with Gasteiger partial charge in [0.1, 0.15) is 17.2 Å². The Morgan fingerprint density at radius 2 is 1.95 bits per heavy atom. The third-order valence-corrected chi connectivity index (χ3v) is 4.15. The molecule has 0 fully saturated rings. The molecular weight excluding hydrogens is 333 g/mol. The van der Waals surface area contributed by atoms with Crippen LogP contribution < -0.4 is 5.32 Å². The second-order valence-electron chi connectivity index (χ2n) is 5.09. The highest BCUT2D eigenvalue weighted by Crippen LogP contribution is 2.30. The van der Waals surface area contributed by atoms with E-state index in [0.29, 0.717) is 4.47 Å². The molecule has 1 atom stereocenters. The Morgan fingerprint density at radius 1 is 1.14 bits per heavy atom. The summed E-state index contributed by atoms with van der Waals surface area (Å²) in [7, 11) is 1.86. The molecule has 0 aliphatic rings. The minimum Gasteiger partial charge on any atom is -0.459 e. The van der Waals surface area contributed by atoms with E-state index in [-0.39, 0.29) is 11.9 Å². The maximum atomic E-state index is 13.4. The first kappa shape index (κ1) is 14.3. The van der Waals surface area contributed by atoms with E-state index in [1.165, 1.54) is 11.6 Å². The van der Waals surface area contributed by atoms with Gasteiger partial charge in [-0.1, -0.05) is 17.7 Å². The summed E-state index contributed by atoms with van der Waals surface area (Å²) < 4.78 is 19.8. The van der Waals surface area contributed by atoms with Gasteiger partial charge < -0.3 is 9.73 Å². The average molecular weight is 348 g/mol. The molecule has 2 aromatic carbocycles. The lowest BCUT2D eigenvalue weighted by Gasteiger charge is -2.14. The van der Waals surface area contributed by atoms with Gasteiger partial charge in [0, 0.05) is 5.39 Å². The van der Waals surface area contributed by atoms with E-state index in [2.05, 4.69) is 34.2 Å². The fourth-order valence-corrected chi connectivity index (χ4v) is 2.89. The van der Waals surface area contributed by atoms with Crippen molar-refractivity contribution in [3.05, 3.63) is 69.6 Å². The van der Waals surface area contributed by atoms with Crippen molar-refractivity contribution in [2.45, 2.75) is 13.0 Å². The van der Waals surface area contributed by atoms with Crippen molar-refractivity contribution >= 4 is 26.9 Å². The lowest BCUT2D eigenvalue weighted by molar-refractivity contribution is 0.491. The first-order chi connectivity index (χ1) is 10.1. The van der Waals surface area contributed by atoms with Gasteiger partial charge >= 0.3 is 0 Å². The Labute approximate surface area is 131 Å². The van der Waals surface area contributed by atoms with Crippen molar-refractivity contribution in [2.24, 2.45) is 0 Å². The molecule has 1 unspecified atom stereocenters. The van der Waals surface area contributed by atoms with E-state index in [1.807, 2.05) is 25.2 Å². The van der Waals surface area contributed by atoms with E-state index in [1.54, 1.807) is 12.1 Å². The zero-order valence-electron chi connectivity index (χ0n) is 11.8. The first-order valence-corrected chi connectivity index (χ1v) is 7.50. The Balaban J connectivity index is 2.06. The van der Waals surface area contributed by atoms with Gasteiger partial charge in [-0.05, 0) is 65.8 Å². The highest BCUT2D eigenvalue weighted by Gasteiger charge is 2.18. The van der Waals surface area contributed by atoms with Gasteiger partial charge in [-0.15, -0.1) is 0 Å². The Morgan fingerprint density at radius 3 is 2.67 bits per heavy atom. The third-order valence-electron chi connectivity index (χ3n) is 3.54. The number of furan rings is 1. The van der Waals surface area contributed by atoms with Crippen LogP contribution in [0.25, 0.3) is 11.0 Å². The van der Waals surface area contributed by atoms with Crippen LogP contribution in [0.3, 0.4) is 0 Å². The molecule has 0 amide bonds. The molecule has 1 N–H and O–H groups in total. The fraction of sp³-hybridized carbons (Fsp3) is 0.176. The topological polar surface area (TPSA) is 25.2 Å². The molecule has 1 aromatic heterocycles. The molecule has 4 heteroatoms. The zero-order chi connectivity index (χ0) is 15.0. The van der Waals surface area contributed by atoms with Crippen LogP contribution in [0.4, 0.5) is 4.39 Å². The minimum absolute atomic E-state index is 0.116. The van der Waals surface area contributed by atoms with E-state index in [9.17, 15) is 4.39 Å². The van der Waals surface area contributed by atoms with Crippen LogP contribution in [0.2, 0.25) is 0 Å². The highest BCUT2D eigenvalue weighted by atomic mass is 79.9. The van der Waals surface area contributed by atoms with Crippen molar-refractivity contribution in [2.75, 3.05) is 7.05 Å². The van der Waals surface area contributed by atoms with Crippen LogP contribution in [-0.2, 0) is 0 Å². The molecule has 108 valence electrons. The summed E-state index contributed by atoms with van der Waals surface area (Å²) in [6.07, 6.45) is 0. The number of hydrogen-bond acceptors (Lipinski definition) is 2. The first-order valence-electron chi connectivity index (χ1n) is 6.71. The summed E-state index contributed by atoms with van der Waals surface area (Å²) in [4.78, 5) is 0. The molecule has 3 rings (SSSR count). The maximum absolute atomic E-state index is 13.4. The monoisotopic (exact) mass is 347 g/mol. The van der Waals surface area contributed by atoms with Gasteiger partial charge in [0.25, 0.3) is 0 Å². The fourth-order valence-electron chi connectivity index (χ4n) is 2.49. The largest absolute Gasteiger partial charge is 0.459 e. The zero-order valence-corrected chi connectivity index (χ0v) is 13.4. The molecule has 0 aliphatic carbocycles. The summed E-state index contributed by atoms with van der Waals surface area (Å²) in [6, 6.07) is 13.0. The van der Waals surface area contributed by atoms with Crippen LogP contribution in [0.1, 0.15) is 22.9 Å². The van der Waals surface area contributed by atoms with Gasteiger partial charge in [-0.25, -0.2) is 4.39 Å². The molecule has 0 spiro atoms. The standard InChI is InChI=1S/C17H15BrFNO/c1-10-3-6-15-12(7-10)9-16(21-15)17(20-2)11-4-5-14(19)13(18)8-11/h3-9,17,20H,1-2H3. The van der Waals surface area contributed by atoms with Crippen LogP contribution in [0.15, 0.2) is 51.4 Å². The Kier molecular flexibility index (Phi) is 3.83. The number of aryl methyl sites for hydroxylation is 1. The Hall–Kier alpha value is -1.65. The summed E-state index contributed by atoms with van der Waals surface area (Å²) in [5, 5.41) is 4.30. The third kappa shape index (κ3) is 2.74. The summed E-state index contributed by atoms with van der Waals surface area (Å²) in [5.74, 6) is 0.547. The molecule has 0 bridgehead atoms. The number of hydrogen-bond donors (Lipinski definition) is 1. The average Bonchev–Trinajstić information content (AvgIpc) is 2.86. The quantitative estimate of drug-likeness (QED) is 0.724. The van der Waals surface area contributed by atoms with Crippen LogP contribution in [-0.4, -0.2) is 7.05 Å². The van der Waals surface area contributed by atoms with Gasteiger partial charge in [0.15, 0.2) is 0 Å². The molecular formula is C17H15BrFNO. The molecule has 3 aromatic rings. The molecule has 0 saturated carbocycles. The van der Waals surface area contributed by atoms with Crippen molar-refractivity contribution in [1.29, 1.82) is 0 Å². The summed E-state index contributed by atoms with van der Waals surface area (Å²) in [5.41, 5.74) is 3.00. The molecule has 21 heavy (non-hydrogen) atoms. The molecule has 1 heterocycles. The molecule has 0 radical (unpaired) electrons. The minimum atomic E-state index is -0.270. The second-order valence-corrected chi connectivity index (χ2v) is 5.94. The lowest BCUT2D eigenvalue weighted by atomic mass is 10.0. The number of fused-ring (bicyclic) bond motifs is 1. The summed E-state index contributed by atoms with van der Waals surface area (Å²) in [6.45, 7) is 2.05. The van der Waals surface area contributed by atoms with Gasteiger partial charge in [-0.3, -0.25) is 0 Å². The Bertz CT molecular complexity index is 797. The van der Waals surface area contributed by atoms with E-state index < -0.39 is 0 Å². The number of rotatable bonds is 3. The van der Waals surface area contributed by atoms with E-state index in [0.717, 1.165) is 22.3 Å². The molecule has 0 aliphatic heterocycles. The van der Waals surface area contributed by atoms with Crippen LogP contribution in [0, 0.1) is 12.7 Å². The smallest absolute Gasteiger partial charge is 0.137 e. The predicted molar refractivity (Wildman–Crippen MR) is 86.0 cm³/mol. The summed E-state index contributed by atoms with van der Waals surface area (Å²) >= 11 is 3.23. The van der Waals surface area contributed by atoms with Crippen molar-refractivity contribution < 1.29 is 8.81 Å². The number of benzene rings is 2. The van der Waals surface area contributed by atoms with Crippen molar-refractivity contribution in [3.63, 3.8) is 0 Å². The van der Waals surface area contributed by atoms with Crippen LogP contribution >= 0.6 is 15.9 Å². The number of halogens is 2.